The zero-order valence-electron chi connectivity index (χ0n) is 9.55. The van der Waals surface area contributed by atoms with Crippen molar-refractivity contribution in [3.05, 3.63) is 40.2 Å². The monoisotopic (exact) mass is 286 g/mol. The molecule has 0 saturated carbocycles. The van der Waals surface area contributed by atoms with E-state index in [-0.39, 0.29) is 17.0 Å². The largest absolute Gasteiger partial charge is 0.463 e. The normalized spacial score (nSPS) is 11.4. The van der Waals surface area contributed by atoms with Crippen LogP contribution in [0.2, 0.25) is 5.15 Å². The van der Waals surface area contributed by atoms with Gasteiger partial charge in [-0.2, -0.15) is 18.4 Å². The Balaban J connectivity index is 2.82. The number of rotatable bonds is 1. The molecule has 0 unspecified atom stereocenters. The molecule has 0 aliphatic heterocycles. The summed E-state index contributed by atoms with van der Waals surface area (Å²) < 4.78 is 44.1. The van der Waals surface area contributed by atoms with E-state index in [0.717, 1.165) is 0 Å². The predicted molar refractivity (Wildman–Crippen MR) is 61.4 cm³/mol. The molecule has 0 amide bonds. The molecule has 0 bridgehead atoms. The first-order valence-electron chi connectivity index (χ1n) is 5.07. The van der Waals surface area contributed by atoms with Crippen LogP contribution in [0.25, 0.3) is 11.5 Å². The van der Waals surface area contributed by atoms with Crippen molar-refractivity contribution in [3.63, 3.8) is 0 Å². The maximum Gasteiger partial charge on any atom is 0.418 e. The van der Waals surface area contributed by atoms with Crippen molar-refractivity contribution in [2.24, 2.45) is 0 Å². The van der Waals surface area contributed by atoms with Crippen LogP contribution in [0.1, 0.15) is 16.7 Å². The molecule has 0 aromatic carbocycles. The smallest absolute Gasteiger partial charge is 0.418 e. The van der Waals surface area contributed by atoms with Crippen LogP contribution < -0.4 is 0 Å². The van der Waals surface area contributed by atoms with E-state index in [2.05, 4.69) is 4.98 Å². The van der Waals surface area contributed by atoms with Gasteiger partial charge in [-0.25, -0.2) is 4.98 Å². The molecular formula is C12H6ClF3N2O. The molecule has 0 radical (unpaired) electrons. The van der Waals surface area contributed by atoms with E-state index in [9.17, 15) is 13.2 Å². The van der Waals surface area contributed by atoms with Crippen molar-refractivity contribution in [3.8, 4) is 17.5 Å². The van der Waals surface area contributed by atoms with Gasteiger partial charge < -0.3 is 4.42 Å². The van der Waals surface area contributed by atoms with Gasteiger partial charge in [-0.15, -0.1) is 0 Å². The van der Waals surface area contributed by atoms with Gasteiger partial charge in [0.25, 0.3) is 0 Å². The minimum absolute atomic E-state index is 0.0266. The summed E-state index contributed by atoms with van der Waals surface area (Å²) in [6.45, 7) is 1.23. The Labute approximate surface area is 111 Å². The van der Waals surface area contributed by atoms with E-state index >= 15 is 0 Å². The van der Waals surface area contributed by atoms with Gasteiger partial charge in [0.05, 0.1) is 11.8 Å². The van der Waals surface area contributed by atoms with Gasteiger partial charge >= 0.3 is 6.18 Å². The van der Waals surface area contributed by atoms with Crippen LogP contribution in [0.15, 0.2) is 22.8 Å². The molecule has 98 valence electrons. The van der Waals surface area contributed by atoms with Gasteiger partial charge in [0.15, 0.2) is 5.76 Å². The Morgan fingerprint density at radius 3 is 2.58 bits per heavy atom. The van der Waals surface area contributed by atoms with Crippen LogP contribution in [-0.2, 0) is 6.18 Å². The number of hydrogen-bond acceptors (Lipinski definition) is 3. The van der Waals surface area contributed by atoms with Crippen LogP contribution in [0.4, 0.5) is 13.2 Å². The molecule has 2 rings (SSSR count). The third-order valence-corrected chi connectivity index (χ3v) is 2.82. The second kappa shape index (κ2) is 4.59. The number of aromatic nitrogens is 1. The molecule has 0 N–H and O–H groups in total. The van der Waals surface area contributed by atoms with Crippen LogP contribution in [-0.4, -0.2) is 4.98 Å². The molecule has 0 aliphatic carbocycles. The summed E-state index contributed by atoms with van der Waals surface area (Å²) >= 11 is 5.65. The molecule has 2 aromatic heterocycles. The van der Waals surface area contributed by atoms with Crippen molar-refractivity contribution in [2.75, 3.05) is 0 Å². The minimum Gasteiger partial charge on any atom is -0.463 e. The highest BCUT2D eigenvalue weighted by Gasteiger charge is 2.38. The fourth-order valence-corrected chi connectivity index (χ4v) is 1.98. The molecule has 0 spiro atoms. The molecule has 19 heavy (non-hydrogen) atoms. The fraction of sp³-hybridized carbons (Fsp3) is 0.167. The molecule has 3 nitrogen and oxygen atoms in total. The second-order valence-electron chi connectivity index (χ2n) is 3.71. The summed E-state index contributed by atoms with van der Waals surface area (Å²) in [5, 5.41) is 8.32. The highest BCUT2D eigenvalue weighted by atomic mass is 35.5. The zero-order chi connectivity index (χ0) is 14.2. The summed E-state index contributed by atoms with van der Waals surface area (Å²) in [6.07, 6.45) is -3.38. The number of hydrogen-bond donors (Lipinski definition) is 0. The average Bonchev–Trinajstić information content (AvgIpc) is 2.82. The third kappa shape index (κ3) is 2.29. The first-order valence-corrected chi connectivity index (χ1v) is 5.45. The topological polar surface area (TPSA) is 49.8 Å². The summed E-state index contributed by atoms with van der Waals surface area (Å²) in [6, 6.07) is 4.43. The third-order valence-electron chi connectivity index (χ3n) is 2.55. The van der Waals surface area contributed by atoms with Crippen molar-refractivity contribution in [2.45, 2.75) is 13.1 Å². The number of halogens is 4. The quantitative estimate of drug-likeness (QED) is 0.738. The molecule has 2 aromatic rings. The molecule has 0 atom stereocenters. The lowest BCUT2D eigenvalue weighted by Crippen LogP contribution is -2.13. The van der Waals surface area contributed by atoms with Crippen molar-refractivity contribution in [1.29, 1.82) is 5.26 Å². The molecule has 2 heterocycles. The maximum atomic E-state index is 13.0. The van der Waals surface area contributed by atoms with Gasteiger partial charge in [-0.3, -0.25) is 0 Å². The van der Waals surface area contributed by atoms with Gasteiger partial charge in [0.1, 0.15) is 22.5 Å². The van der Waals surface area contributed by atoms with E-state index < -0.39 is 22.5 Å². The first-order chi connectivity index (χ1) is 8.86. The zero-order valence-corrected chi connectivity index (χ0v) is 10.3. The minimum atomic E-state index is -4.69. The van der Waals surface area contributed by atoms with Crippen LogP contribution in [0.5, 0.6) is 0 Å². The number of furan rings is 1. The van der Waals surface area contributed by atoms with Gasteiger partial charge in [0, 0.05) is 0 Å². The Morgan fingerprint density at radius 2 is 2.11 bits per heavy atom. The Kier molecular flexibility index (Phi) is 3.25. The van der Waals surface area contributed by atoms with E-state index in [1.807, 2.05) is 0 Å². The number of nitrogens with zero attached hydrogens (tertiary/aromatic N) is 2. The highest BCUT2D eigenvalue weighted by molar-refractivity contribution is 6.30. The Bertz CT molecular complexity index is 657. The lowest BCUT2D eigenvalue weighted by Gasteiger charge is -2.15. The van der Waals surface area contributed by atoms with Crippen LogP contribution >= 0.6 is 11.6 Å². The predicted octanol–water partition coefficient (Wildman–Crippen LogP) is 4.19. The summed E-state index contributed by atoms with van der Waals surface area (Å²) in [4.78, 5) is 3.81. The Hall–Kier alpha value is -2.00. The van der Waals surface area contributed by atoms with Gasteiger partial charge in [-0.1, -0.05) is 11.6 Å². The van der Waals surface area contributed by atoms with Crippen molar-refractivity contribution >= 4 is 11.6 Å². The Morgan fingerprint density at radius 1 is 1.42 bits per heavy atom. The number of alkyl halides is 3. The number of pyridine rings is 1. The lowest BCUT2D eigenvalue weighted by atomic mass is 10.0. The summed E-state index contributed by atoms with van der Waals surface area (Å²) in [5.74, 6) is 0.161. The molecule has 7 heteroatoms. The van der Waals surface area contributed by atoms with E-state index in [1.165, 1.54) is 31.4 Å². The molecule has 0 fully saturated rings. The van der Waals surface area contributed by atoms with Crippen molar-refractivity contribution < 1.29 is 17.6 Å². The molecular weight excluding hydrogens is 281 g/mol. The standard InChI is InChI=1S/C12H6ClF3N2O/c1-6-9(12(14,15)16)7(5-17)11(13)18-10(6)8-3-2-4-19-8/h2-4H,1H3. The highest BCUT2D eigenvalue weighted by Crippen LogP contribution is 2.39. The van der Waals surface area contributed by atoms with Gasteiger partial charge in [0.2, 0.25) is 0 Å². The molecule has 0 saturated heterocycles. The van der Waals surface area contributed by atoms with E-state index in [4.69, 9.17) is 21.3 Å². The second-order valence-corrected chi connectivity index (χ2v) is 4.07. The first kappa shape index (κ1) is 13.4. The SMILES string of the molecule is Cc1c(-c2ccco2)nc(Cl)c(C#N)c1C(F)(F)F. The lowest BCUT2D eigenvalue weighted by molar-refractivity contribution is -0.138. The van der Waals surface area contributed by atoms with Crippen molar-refractivity contribution in [1.82, 2.24) is 4.98 Å². The van der Waals surface area contributed by atoms with Crippen LogP contribution in [0, 0.1) is 18.3 Å². The van der Waals surface area contributed by atoms with Gasteiger partial charge in [-0.05, 0) is 24.6 Å². The molecule has 0 aliphatic rings. The van der Waals surface area contributed by atoms with Crippen LogP contribution in [0.3, 0.4) is 0 Å². The van der Waals surface area contributed by atoms with E-state index in [1.54, 1.807) is 0 Å². The summed E-state index contributed by atoms with van der Waals surface area (Å²) in [5.41, 5.74) is -1.98. The summed E-state index contributed by atoms with van der Waals surface area (Å²) in [7, 11) is 0. The van der Waals surface area contributed by atoms with E-state index in [0.29, 0.717) is 0 Å². The number of nitriles is 1. The average molecular weight is 287 g/mol. The fourth-order valence-electron chi connectivity index (χ4n) is 1.76. The maximum absolute atomic E-state index is 13.0.